The molecule has 0 fully saturated rings. The van der Waals surface area contributed by atoms with Crippen LogP contribution in [0.25, 0.3) is 10.2 Å². The molecular weight excluding hydrogens is 386 g/mol. The molecule has 7 heteroatoms. The van der Waals surface area contributed by atoms with Gasteiger partial charge in [-0.15, -0.1) is 0 Å². The van der Waals surface area contributed by atoms with E-state index < -0.39 is 0 Å². The Morgan fingerprint density at radius 1 is 1.10 bits per heavy atom. The lowest BCUT2D eigenvalue weighted by Crippen LogP contribution is -2.20. The molecule has 2 aromatic carbocycles. The molecule has 0 saturated carbocycles. The molecule has 0 aliphatic carbocycles. The highest BCUT2D eigenvalue weighted by Gasteiger charge is 2.12. The molecule has 152 valence electrons. The van der Waals surface area contributed by atoms with Gasteiger partial charge in [-0.05, 0) is 48.2 Å². The lowest BCUT2D eigenvalue weighted by molar-refractivity contribution is -0.118. The van der Waals surface area contributed by atoms with Crippen LogP contribution in [0.3, 0.4) is 0 Å². The van der Waals surface area contributed by atoms with Crippen LogP contribution < -0.4 is 15.4 Å². The molecule has 1 heterocycles. The monoisotopic (exact) mass is 411 g/mol. The van der Waals surface area contributed by atoms with Gasteiger partial charge in [-0.3, -0.25) is 9.59 Å². The highest BCUT2D eigenvalue weighted by Crippen LogP contribution is 2.29. The van der Waals surface area contributed by atoms with Gasteiger partial charge in [0.2, 0.25) is 5.91 Å². The largest absolute Gasteiger partial charge is 0.483 e. The average Bonchev–Trinajstić information content (AvgIpc) is 3.07. The number of aromatic nitrogens is 1. The van der Waals surface area contributed by atoms with Crippen molar-refractivity contribution in [2.45, 2.75) is 40.0 Å². The zero-order valence-corrected chi connectivity index (χ0v) is 17.9. The van der Waals surface area contributed by atoms with Crippen molar-refractivity contribution in [3.05, 3.63) is 47.5 Å². The molecule has 3 aromatic rings. The van der Waals surface area contributed by atoms with E-state index in [9.17, 15) is 9.59 Å². The number of nitrogens with zero attached hydrogens (tertiary/aromatic N) is 1. The minimum Gasteiger partial charge on any atom is -0.483 e. The summed E-state index contributed by atoms with van der Waals surface area (Å²) in [5, 5.41) is 6.17. The summed E-state index contributed by atoms with van der Waals surface area (Å²) < 4.78 is 6.68. The molecule has 0 unspecified atom stereocenters. The first-order valence-electron chi connectivity index (χ1n) is 9.59. The summed E-state index contributed by atoms with van der Waals surface area (Å²) in [6.45, 7) is 7.91. The number of aryl methyl sites for hydroxylation is 1. The van der Waals surface area contributed by atoms with Gasteiger partial charge >= 0.3 is 0 Å². The van der Waals surface area contributed by atoms with Crippen LogP contribution in [0.5, 0.6) is 5.75 Å². The number of hydrogen-bond donors (Lipinski definition) is 2. The van der Waals surface area contributed by atoms with Crippen molar-refractivity contribution in [3.8, 4) is 5.75 Å². The van der Waals surface area contributed by atoms with E-state index in [1.807, 2.05) is 37.3 Å². The van der Waals surface area contributed by atoms with Crippen molar-refractivity contribution < 1.29 is 14.3 Å². The lowest BCUT2D eigenvalue weighted by Gasteiger charge is -2.14. The summed E-state index contributed by atoms with van der Waals surface area (Å²) in [4.78, 5) is 28.3. The van der Waals surface area contributed by atoms with Gasteiger partial charge in [0.1, 0.15) is 5.75 Å². The second-order valence-electron chi connectivity index (χ2n) is 7.14. The van der Waals surface area contributed by atoms with E-state index in [1.165, 1.54) is 11.3 Å². The smallest absolute Gasteiger partial charge is 0.262 e. The third-order valence-corrected chi connectivity index (χ3v) is 5.32. The molecular formula is C22H25N3O3S. The molecule has 0 atom stereocenters. The SMILES string of the molecule is CCC(=O)Nc1nc2ccc(NC(=O)COc3cc(C)ccc3C(C)C)cc2s1. The molecule has 0 aliphatic heterocycles. The summed E-state index contributed by atoms with van der Waals surface area (Å²) >= 11 is 1.37. The van der Waals surface area contributed by atoms with Gasteiger partial charge in [0.15, 0.2) is 11.7 Å². The first-order valence-corrected chi connectivity index (χ1v) is 10.4. The van der Waals surface area contributed by atoms with E-state index in [-0.39, 0.29) is 18.4 Å². The van der Waals surface area contributed by atoms with Crippen molar-refractivity contribution in [3.63, 3.8) is 0 Å². The zero-order chi connectivity index (χ0) is 21.0. The minimum atomic E-state index is -0.232. The van der Waals surface area contributed by atoms with E-state index in [0.717, 1.165) is 27.1 Å². The van der Waals surface area contributed by atoms with Crippen molar-refractivity contribution >= 4 is 44.2 Å². The van der Waals surface area contributed by atoms with E-state index in [2.05, 4.69) is 29.5 Å². The number of benzene rings is 2. The standard InChI is InChI=1S/C22H25N3O3S/c1-5-20(26)25-22-24-17-9-7-15(11-19(17)29-22)23-21(27)12-28-18-10-14(4)6-8-16(18)13(2)3/h6-11,13H,5,12H2,1-4H3,(H,23,27)(H,24,25,26). The third-order valence-electron chi connectivity index (χ3n) is 4.39. The number of amides is 2. The zero-order valence-electron chi connectivity index (χ0n) is 17.0. The Hall–Kier alpha value is -2.93. The second kappa shape index (κ2) is 9.05. The highest BCUT2D eigenvalue weighted by atomic mass is 32.1. The topological polar surface area (TPSA) is 80.3 Å². The molecule has 6 nitrogen and oxygen atoms in total. The molecule has 0 saturated heterocycles. The quantitative estimate of drug-likeness (QED) is 0.567. The molecule has 0 bridgehead atoms. The molecule has 0 aliphatic rings. The van der Waals surface area contributed by atoms with E-state index in [0.29, 0.717) is 23.2 Å². The van der Waals surface area contributed by atoms with Gasteiger partial charge in [0.25, 0.3) is 5.91 Å². The number of carbonyl (C=O) groups excluding carboxylic acids is 2. The minimum absolute atomic E-state index is 0.0677. The van der Waals surface area contributed by atoms with Gasteiger partial charge in [-0.25, -0.2) is 4.98 Å². The third kappa shape index (κ3) is 5.32. The van der Waals surface area contributed by atoms with Gasteiger partial charge in [0.05, 0.1) is 10.2 Å². The predicted molar refractivity (Wildman–Crippen MR) is 118 cm³/mol. The predicted octanol–water partition coefficient (Wildman–Crippen LogP) is 5.09. The fourth-order valence-corrected chi connectivity index (χ4v) is 3.77. The van der Waals surface area contributed by atoms with E-state index in [4.69, 9.17) is 4.74 Å². The van der Waals surface area contributed by atoms with Crippen molar-refractivity contribution in [1.29, 1.82) is 0 Å². The van der Waals surface area contributed by atoms with Crippen LogP contribution in [0.1, 0.15) is 44.2 Å². The van der Waals surface area contributed by atoms with Gasteiger partial charge in [-0.2, -0.15) is 0 Å². The Balaban J connectivity index is 1.65. The van der Waals surface area contributed by atoms with Crippen LogP contribution in [-0.4, -0.2) is 23.4 Å². The van der Waals surface area contributed by atoms with Crippen LogP contribution in [0, 0.1) is 6.92 Å². The van der Waals surface area contributed by atoms with Crippen LogP contribution in [-0.2, 0) is 9.59 Å². The first-order chi connectivity index (χ1) is 13.9. The number of hydrogen-bond acceptors (Lipinski definition) is 5. The number of carbonyl (C=O) groups is 2. The first kappa shape index (κ1) is 20.8. The van der Waals surface area contributed by atoms with Crippen LogP contribution >= 0.6 is 11.3 Å². The molecule has 3 rings (SSSR count). The van der Waals surface area contributed by atoms with Gasteiger partial charge < -0.3 is 15.4 Å². The number of anilines is 2. The normalized spacial score (nSPS) is 10.9. The molecule has 1 aromatic heterocycles. The fraction of sp³-hybridized carbons (Fsp3) is 0.318. The highest BCUT2D eigenvalue weighted by molar-refractivity contribution is 7.22. The maximum atomic E-state index is 12.4. The average molecular weight is 412 g/mol. The summed E-state index contributed by atoms with van der Waals surface area (Å²) in [6, 6.07) is 11.5. The van der Waals surface area contributed by atoms with E-state index >= 15 is 0 Å². The van der Waals surface area contributed by atoms with Gasteiger partial charge in [0, 0.05) is 12.1 Å². The summed E-state index contributed by atoms with van der Waals surface area (Å²) in [7, 11) is 0. The summed E-state index contributed by atoms with van der Waals surface area (Å²) in [5.74, 6) is 0.741. The second-order valence-corrected chi connectivity index (χ2v) is 8.17. The van der Waals surface area contributed by atoms with Crippen LogP contribution in [0.4, 0.5) is 10.8 Å². The maximum Gasteiger partial charge on any atom is 0.262 e. The van der Waals surface area contributed by atoms with Crippen molar-refractivity contribution in [2.24, 2.45) is 0 Å². The summed E-state index contributed by atoms with van der Waals surface area (Å²) in [6.07, 6.45) is 0.399. The number of thiazole rings is 1. The number of fused-ring (bicyclic) bond motifs is 1. The molecule has 0 radical (unpaired) electrons. The molecule has 29 heavy (non-hydrogen) atoms. The maximum absolute atomic E-state index is 12.4. The van der Waals surface area contributed by atoms with Crippen LogP contribution in [0.2, 0.25) is 0 Å². The Labute approximate surface area is 174 Å². The molecule has 0 spiro atoms. The Morgan fingerprint density at radius 2 is 1.90 bits per heavy atom. The number of rotatable bonds is 7. The summed E-state index contributed by atoms with van der Waals surface area (Å²) in [5.41, 5.74) is 3.61. The van der Waals surface area contributed by atoms with Crippen molar-refractivity contribution in [1.82, 2.24) is 4.98 Å². The Bertz CT molecular complexity index is 1040. The molecule has 2 amide bonds. The Kier molecular flexibility index (Phi) is 6.49. The Morgan fingerprint density at radius 3 is 2.62 bits per heavy atom. The van der Waals surface area contributed by atoms with E-state index in [1.54, 1.807) is 13.0 Å². The van der Waals surface area contributed by atoms with Gasteiger partial charge in [-0.1, -0.05) is 44.2 Å². The number of nitrogens with one attached hydrogen (secondary N) is 2. The number of ether oxygens (including phenoxy) is 1. The molecule has 2 N–H and O–H groups in total. The fourth-order valence-electron chi connectivity index (χ4n) is 2.85. The van der Waals surface area contributed by atoms with Crippen LogP contribution in [0.15, 0.2) is 36.4 Å². The van der Waals surface area contributed by atoms with Crippen molar-refractivity contribution in [2.75, 3.05) is 17.2 Å². The lowest BCUT2D eigenvalue weighted by atomic mass is 10.0.